The fourth-order valence-corrected chi connectivity index (χ4v) is 2.08. The quantitative estimate of drug-likeness (QED) is 0.564. The van der Waals surface area contributed by atoms with Crippen molar-refractivity contribution in [1.82, 2.24) is 0 Å². The van der Waals surface area contributed by atoms with Gasteiger partial charge in [0.25, 0.3) is 0 Å². The summed E-state index contributed by atoms with van der Waals surface area (Å²) in [6.45, 7) is 0. The van der Waals surface area contributed by atoms with Gasteiger partial charge >= 0.3 is 54.5 Å². The van der Waals surface area contributed by atoms with E-state index in [2.05, 4.69) is 12.6 Å². The van der Waals surface area contributed by atoms with Gasteiger partial charge in [-0.3, -0.25) is 0 Å². The second-order valence-corrected chi connectivity index (χ2v) is 3.22. The zero-order valence-corrected chi connectivity index (χ0v) is 7.85. The summed E-state index contributed by atoms with van der Waals surface area (Å²) in [7, 11) is 0. The molecule has 2 heteroatoms. The van der Waals surface area contributed by atoms with Gasteiger partial charge < -0.3 is 0 Å². The molecule has 0 amide bonds. The molecule has 0 bridgehead atoms. The van der Waals surface area contributed by atoms with Gasteiger partial charge in [0.2, 0.25) is 0 Å². The number of hydrogen-bond donors (Lipinski definition) is 1. The molecule has 0 saturated heterocycles. The molecule has 0 unspecified atom stereocenters. The van der Waals surface area contributed by atoms with Crippen molar-refractivity contribution in [2.24, 2.45) is 0 Å². The van der Waals surface area contributed by atoms with Gasteiger partial charge in [0.15, 0.2) is 0 Å². The van der Waals surface area contributed by atoms with E-state index in [1.807, 2.05) is 0 Å². The first-order valence-electron chi connectivity index (χ1n) is 1.67. The van der Waals surface area contributed by atoms with Crippen LogP contribution in [0.5, 0.6) is 0 Å². The normalized spacial score (nSPS) is 8.40. The Hall–Kier alpha value is 1.27. The fourth-order valence-electron chi connectivity index (χ4n) is 0.0791. The van der Waals surface area contributed by atoms with E-state index in [0.29, 0.717) is 0 Å². The zero-order chi connectivity index (χ0) is 4.12. The molecule has 0 aromatic heterocycles. The Bertz CT molecular complexity index is 14.4. The molecule has 0 rings (SSSR count). The van der Waals surface area contributed by atoms with Gasteiger partial charge in [-0.25, -0.2) is 0 Å². The molecule has 0 aliphatic rings. The van der Waals surface area contributed by atoms with E-state index in [-0.39, 0.29) is 0 Å². The first kappa shape index (κ1) is 6.27. The molecule has 0 atom stereocenters. The first-order valence-corrected chi connectivity index (χ1v) is 5.05. The second kappa shape index (κ2) is 5.27. The molecular weight excluding hydrogens is 275 g/mol. The molecular formula is C3H7PbS. The minimum absolute atomic E-state index is 1.07. The minimum atomic E-state index is 1.07. The number of rotatable bonds is 2. The summed E-state index contributed by atoms with van der Waals surface area (Å²) in [6.07, 6.45) is 1.31. The molecule has 0 aliphatic heterocycles. The summed E-state index contributed by atoms with van der Waals surface area (Å²) in [5.74, 6) is 1.07. The SMILES string of the molecule is SCC[CH2][Pb]. The van der Waals surface area contributed by atoms with Crippen molar-refractivity contribution in [3.8, 4) is 0 Å². The van der Waals surface area contributed by atoms with Crippen LogP contribution in [0, 0.1) is 0 Å². The third-order valence-electron chi connectivity index (χ3n) is 0.335. The van der Waals surface area contributed by atoms with Gasteiger partial charge in [-0.2, -0.15) is 0 Å². The molecule has 0 saturated carbocycles. The Labute approximate surface area is 54.4 Å². The van der Waals surface area contributed by atoms with Crippen LogP contribution in [0.1, 0.15) is 6.42 Å². The summed E-state index contributed by atoms with van der Waals surface area (Å²) < 4.78 is 1.41. The molecule has 0 fully saturated rings. The average Bonchev–Trinajstić information content (AvgIpc) is 1.41. The Morgan fingerprint density at radius 3 is 2.20 bits per heavy atom. The fraction of sp³-hybridized carbons (Fsp3) is 1.00. The summed E-state index contributed by atoms with van der Waals surface area (Å²) >= 11 is 5.37. The van der Waals surface area contributed by atoms with Crippen LogP contribution >= 0.6 is 12.6 Å². The van der Waals surface area contributed by atoms with Crippen molar-refractivity contribution in [3.63, 3.8) is 0 Å². The molecule has 0 aromatic carbocycles. The second-order valence-electron chi connectivity index (χ2n) is 0.827. The Kier molecular flexibility index (Phi) is 6.61. The van der Waals surface area contributed by atoms with Crippen molar-refractivity contribution >= 4 is 38.4 Å². The summed E-state index contributed by atoms with van der Waals surface area (Å²) in [4.78, 5) is 0. The van der Waals surface area contributed by atoms with Gasteiger partial charge in [-0.15, -0.1) is 0 Å². The third kappa shape index (κ3) is 5.27. The van der Waals surface area contributed by atoms with Crippen LogP contribution in [0.2, 0.25) is 3.98 Å². The van der Waals surface area contributed by atoms with Crippen molar-refractivity contribution in [3.05, 3.63) is 0 Å². The molecule has 5 heavy (non-hydrogen) atoms. The van der Waals surface area contributed by atoms with Gasteiger partial charge in [-0.1, -0.05) is 0 Å². The first-order chi connectivity index (χ1) is 2.41. The zero-order valence-electron chi connectivity index (χ0n) is 3.07. The van der Waals surface area contributed by atoms with E-state index >= 15 is 0 Å². The van der Waals surface area contributed by atoms with E-state index in [9.17, 15) is 0 Å². The molecule has 29 valence electrons. The monoisotopic (exact) mass is 283 g/mol. The maximum absolute atomic E-state index is 4.02. The molecule has 0 spiro atoms. The molecule has 0 aromatic rings. The molecule has 0 nitrogen and oxygen atoms in total. The van der Waals surface area contributed by atoms with E-state index < -0.39 is 0 Å². The molecule has 0 aliphatic carbocycles. The summed E-state index contributed by atoms with van der Waals surface area (Å²) in [5.41, 5.74) is 0. The van der Waals surface area contributed by atoms with E-state index in [1.165, 1.54) is 36.2 Å². The van der Waals surface area contributed by atoms with Crippen LogP contribution in [-0.2, 0) is 0 Å². The van der Waals surface area contributed by atoms with Gasteiger partial charge in [0.1, 0.15) is 0 Å². The van der Waals surface area contributed by atoms with Crippen LogP contribution in [0.4, 0.5) is 0 Å². The van der Waals surface area contributed by atoms with Crippen molar-refractivity contribution in [2.75, 3.05) is 5.75 Å². The van der Waals surface area contributed by atoms with Crippen LogP contribution in [0.25, 0.3) is 0 Å². The van der Waals surface area contributed by atoms with Crippen molar-refractivity contribution < 1.29 is 0 Å². The van der Waals surface area contributed by atoms with Crippen molar-refractivity contribution in [1.29, 1.82) is 0 Å². The third-order valence-corrected chi connectivity index (χ3v) is 2.03. The van der Waals surface area contributed by atoms with Crippen LogP contribution in [0.3, 0.4) is 0 Å². The Morgan fingerprint density at radius 1 is 1.60 bits per heavy atom. The van der Waals surface area contributed by atoms with E-state index in [1.54, 1.807) is 0 Å². The molecule has 0 N–H and O–H groups in total. The standard InChI is InChI=1S/C3H7S.Pb/c1-2-3-4;/h4H,1-3H2;. The number of thiol groups is 1. The van der Waals surface area contributed by atoms with Crippen LogP contribution in [-0.4, -0.2) is 31.5 Å². The van der Waals surface area contributed by atoms with Crippen molar-refractivity contribution in [2.45, 2.75) is 10.4 Å². The maximum atomic E-state index is 4.02. The van der Waals surface area contributed by atoms with Crippen LogP contribution in [0.15, 0.2) is 0 Å². The number of hydrogen-bond acceptors (Lipinski definition) is 1. The topological polar surface area (TPSA) is 0 Å². The van der Waals surface area contributed by atoms with Gasteiger partial charge in [-0.05, 0) is 0 Å². The Morgan fingerprint density at radius 2 is 2.20 bits per heavy atom. The van der Waals surface area contributed by atoms with E-state index in [4.69, 9.17) is 0 Å². The summed E-state index contributed by atoms with van der Waals surface area (Å²) in [6, 6.07) is 0. The van der Waals surface area contributed by atoms with Gasteiger partial charge in [0.05, 0.1) is 0 Å². The average molecular weight is 282 g/mol. The predicted octanol–water partition coefficient (Wildman–Crippen LogP) is 0.893. The molecule has 3 radical (unpaired) electrons. The van der Waals surface area contributed by atoms with E-state index in [0.717, 1.165) is 5.75 Å². The Balaban J connectivity index is 2.19. The van der Waals surface area contributed by atoms with Crippen LogP contribution < -0.4 is 0 Å². The molecule has 0 heterocycles. The van der Waals surface area contributed by atoms with Gasteiger partial charge in [0, 0.05) is 0 Å². The summed E-state index contributed by atoms with van der Waals surface area (Å²) in [5, 5.41) is 0. The predicted molar refractivity (Wildman–Crippen MR) is 29.0 cm³/mol.